The molecular weight excluding hydrogens is 603 g/mol. The lowest BCUT2D eigenvalue weighted by atomic mass is 9.99. The predicted octanol–water partition coefficient (Wildman–Crippen LogP) is 7.89. The van der Waals surface area contributed by atoms with Gasteiger partial charge in [-0.05, 0) is 72.0 Å². The van der Waals surface area contributed by atoms with Crippen LogP contribution in [0, 0.1) is 6.92 Å². The Labute approximate surface area is 260 Å². The molecule has 1 aromatic heterocycles. The molecular formula is C34H28Cl2N2O4S. The summed E-state index contributed by atoms with van der Waals surface area (Å²) >= 11 is 12.6. The smallest absolute Gasteiger partial charge is 0.336 e. The Morgan fingerprint density at radius 1 is 0.884 bits per heavy atom. The standard InChI is InChI=1S/C34H28Cl2N2O4S/c1-22-13-15-28(16-14-22)43(40,41)37(2)32-29(17-18-38-30-12-4-3-7-23(30)21-31(32)38)34(39)42-33(24-8-5-10-26(35)19-24)25-9-6-11-27(36)20-25/h3-17,19-21,32-33H,18H2,1-2H3/t32-/m1/s1. The molecule has 6 nitrogen and oxygen atoms in total. The molecule has 1 aliphatic heterocycles. The third-order valence-electron chi connectivity index (χ3n) is 7.74. The van der Waals surface area contributed by atoms with E-state index in [2.05, 4.69) is 0 Å². The number of carbonyl (C=O) groups is 1. The van der Waals surface area contributed by atoms with Gasteiger partial charge in [0.15, 0.2) is 6.10 Å². The Morgan fingerprint density at radius 3 is 2.14 bits per heavy atom. The van der Waals surface area contributed by atoms with Gasteiger partial charge in [0.1, 0.15) is 0 Å². The van der Waals surface area contributed by atoms with Crippen molar-refractivity contribution in [1.29, 1.82) is 0 Å². The van der Waals surface area contributed by atoms with E-state index in [0.717, 1.165) is 16.5 Å². The number of aryl methyl sites for hydroxylation is 1. The molecule has 0 amide bonds. The van der Waals surface area contributed by atoms with Crippen molar-refractivity contribution in [1.82, 2.24) is 8.87 Å². The third kappa shape index (κ3) is 5.61. The van der Waals surface area contributed by atoms with Crippen LogP contribution in [0.3, 0.4) is 0 Å². The normalized spacial score (nSPS) is 15.0. The first kappa shape index (κ1) is 29.2. The van der Waals surface area contributed by atoms with Crippen LogP contribution in [0.15, 0.2) is 120 Å². The molecule has 1 atom stereocenters. The van der Waals surface area contributed by atoms with Gasteiger partial charge in [-0.1, -0.05) is 89.4 Å². The number of allylic oxidation sites excluding steroid dienone is 1. The minimum Gasteiger partial charge on any atom is -0.449 e. The van der Waals surface area contributed by atoms with Gasteiger partial charge in [-0.15, -0.1) is 0 Å². The zero-order valence-corrected chi connectivity index (χ0v) is 25.8. The molecule has 1 aliphatic rings. The molecule has 4 aromatic carbocycles. The maximum Gasteiger partial charge on any atom is 0.336 e. The SMILES string of the molecule is Cc1ccc(S(=O)(=O)N(C)[C@@H]2C(C(=O)OC(c3cccc(Cl)c3)c3cccc(Cl)c3)=CCn3c2cc2ccccc23)cc1. The van der Waals surface area contributed by atoms with Gasteiger partial charge in [-0.3, -0.25) is 0 Å². The van der Waals surface area contributed by atoms with Crippen LogP contribution in [0.2, 0.25) is 10.0 Å². The van der Waals surface area contributed by atoms with Crippen molar-refractivity contribution in [2.45, 2.75) is 30.5 Å². The second-order valence-electron chi connectivity index (χ2n) is 10.5. The number of likely N-dealkylation sites (N-methyl/N-ethyl adjacent to an activating group) is 1. The minimum atomic E-state index is -4.01. The van der Waals surface area contributed by atoms with Crippen LogP contribution in [-0.2, 0) is 26.1 Å². The van der Waals surface area contributed by atoms with E-state index < -0.39 is 28.1 Å². The van der Waals surface area contributed by atoms with E-state index in [9.17, 15) is 13.2 Å². The van der Waals surface area contributed by atoms with Gasteiger partial charge in [-0.25, -0.2) is 13.2 Å². The van der Waals surface area contributed by atoms with Crippen molar-refractivity contribution in [3.8, 4) is 0 Å². The monoisotopic (exact) mass is 630 g/mol. The average Bonchev–Trinajstić information content (AvgIpc) is 3.38. The summed E-state index contributed by atoms with van der Waals surface area (Å²) in [6.07, 6.45) is 0.916. The number of benzene rings is 4. The van der Waals surface area contributed by atoms with Crippen LogP contribution in [-0.4, -0.2) is 30.3 Å². The molecule has 0 N–H and O–H groups in total. The number of esters is 1. The molecule has 0 fully saturated rings. The number of sulfonamides is 1. The van der Waals surface area contributed by atoms with E-state index in [1.165, 1.54) is 11.4 Å². The molecule has 9 heteroatoms. The van der Waals surface area contributed by atoms with Crippen LogP contribution in [0.1, 0.15) is 34.5 Å². The summed E-state index contributed by atoms with van der Waals surface area (Å²) < 4.78 is 37.5. The van der Waals surface area contributed by atoms with Gasteiger partial charge in [-0.2, -0.15) is 4.31 Å². The summed E-state index contributed by atoms with van der Waals surface area (Å²) in [6, 6.07) is 29.6. The second-order valence-corrected chi connectivity index (χ2v) is 13.4. The van der Waals surface area contributed by atoms with E-state index in [1.807, 2.05) is 54.0 Å². The number of rotatable bonds is 7. The fourth-order valence-electron chi connectivity index (χ4n) is 5.56. The van der Waals surface area contributed by atoms with Crippen LogP contribution in [0.5, 0.6) is 0 Å². The molecule has 2 heterocycles. The van der Waals surface area contributed by atoms with E-state index in [4.69, 9.17) is 27.9 Å². The van der Waals surface area contributed by atoms with Gasteiger partial charge in [0.05, 0.1) is 16.5 Å². The van der Waals surface area contributed by atoms with E-state index >= 15 is 0 Å². The molecule has 6 rings (SSSR count). The number of carbonyl (C=O) groups excluding carboxylic acids is 1. The molecule has 0 radical (unpaired) electrons. The maximum atomic E-state index is 14.2. The van der Waals surface area contributed by atoms with Gasteiger partial charge in [0.2, 0.25) is 10.0 Å². The van der Waals surface area contributed by atoms with Crippen molar-refractivity contribution >= 4 is 50.1 Å². The summed E-state index contributed by atoms with van der Waals surface area (Å²) in [7, 11) is -2.51. The fourth-order valence-corrected chi connectivity index (χ4v) is 7.27. The second kappa shape index (κ2) is 11.7. The molecule has 218 valence electrons. The summed E-state index contributed by atoms with van der Waals surface area (Å²) in [5.41, 5.74) is 4.11. The molecule has 5 aromatic rings. The zero-order valence-electron chi connectivity index (χ0n) is 23.4. The average molecular weight is 632 g/mol. The first-order valence-corrected chi connectivity index (χ1v) is 15.9. The lowest BCUT2D eigenvalue weighted by Gasteiger charge is -2.33. The summed E-state index contributed by atoms with van der Waals surface area (Å²) in [5, 5.41) is 1.93. The summed E-state index contributed by atoms with van der Waals surface area (Å²) in [4.78, 5) is 14.3. The van der Waals surface area contributed by atoms with Crippen molar-refractivity contribution in [3.63, 3.8) is 0 Å². The minimum absolute atomic E-state index is 0.136. The Kier molecular flexibility index (Phi) is 7.92. The predicted molar refractivity (Wildman–Crippen MR) is 170 cm³/mol. The first-order valence-electron chi connectivity index (χ1n) is 13.7. The van der Waals surface area contributed by atoms with Crippen molar-refractivity contribution in [2.24, 2.45) is 0 Å². The lowest BCUT2D eigenvalue weighted by Crippen LogP contribution is -2.37. The fraction of sp³-hybridized carbons (Fsp3) is 0.147. The van der Waals surface area contributed by atoms with Gasteiger partial charge >= 0.3 is 5.97 Å². The number of para-hydroxylation sites is 1. The lowest BCUT2D eigenvalue weighted by molar-refractivity contribution is -0.143. The van der Waals surface area contributed by atoms with E-state index in [1.54, 1.807) is 66.7 Å². The molecule has 0 bridgehead atoms. The van der Waals surface area contributed by atoms with Gasteiger partial charge < -0.3 is 9.30 Å². The molecule has 0 spiro atoms. The highest BCUT2D eigenvalue weighted by Gasteiger charge is 2.39. The van der Waals surface area contributed by atoms with Crippen LogP contribution >= 0.6 is 23.2 Å². The number of nitrogens with zero attached hydrogens (tertiary/aromatic N) is 2. The Hall–Kier alpha value is -3.88. The quantitative estimate of drug-likeness (QED) is 0.171. The van der Waals surface area contributed by atoms with E-state index in [-0.39, 0.29) is 10.5 Å². The van der Waals surface area contributed by atoms with Crippen LogP contribution < -0.4 is 0 Å². The largest absolute Gasteiger partial charge is 0.449 e. The zero-order chi connectivity index (χ0) is 30.3. The molecule has 0 aliphatic carbocycles. The molecule has 0 unspecified atom stereocenters. The highest BCUT2D eigenvalue weighted by Crippen LogP contribution is 2.40. The van der Waals surface area contributed by atoms with E-state index in [0.29, 0.717) is 33.4 Å². The number of ether oxygens (including phenoxy) is 1. The summed E-state index contributed by atoms with van der Waals surface area (Å²) in [5.74, 6) is -0.641. The molecule has 43 heavy (non-hydrogen) atoms. The van der Waals surface area contributed by atoms with Crippen LogP contribution in [0.25, 0.3) is 10.9 Å². The number of hydrogen-bond acceptors (Lipinski definition) is 4. The Balaban J connectivity index is 1.44. The van der Waals surface area contributed by atoms with Crippen molar-refractivity contribution < 1.29 is 17.9 Å². The Morgan fingerprint density at radius 2 is 1.51 bits per heavy atom. The number of fused-ring (bicyclic) bond motifs is 3. The first-order chi connectivity index (χ1) is 20.6. The highest BCUT2D eigenvalue weighted by atomic mass is 35.5. The maximum absolute atomic E-state index is 14.2. The Bertz CT molecular complexity index is 1940. The molecule has 0 saturated carbocycles. The number of hydrogen-bond donors (Lipinski definition) is 0. The molecule has 0 saturated heterocycles. The van der Waals surface area contributed by atoms with Crippen molar-refractivity contribution in [3.05, 3.63) is 147 Å². The number of aromatic nitrogens is 1. The highest BCUT2D eigenvalue weighted by molar-refractivity contribution is 7.89. The topological polar surface area (TPSA) is 68.6 Å². The van der Waals surface area contributed by atoms with Gasteiger partial charge in [0, 0.05) is 34.8 Å². The third-order valence-corrected chi connectivity index (χ3v) is 10.0. The van der Waals surface area contributed by atoms with Gasteiger partial charge in [0.25, 0.3) is 0 Å². The summed E-state index contributed by atoms with van der Waals surface area (Å²) in [6.45, 7) is 2.27. The number of halogens is 2. The van der Waals surface area contributed by atoms with Crippen molar-refractivity contribution in [2.75, 3.05) is 7.05 Å². The van der Waals surface area contributed by atoms with Crippen LogP contribution in [0.4, 0.5) is 0 Å².